The topological polar surface area (TPSA) is 72.5 Å². The minimum atomic E-state index is -4.79. The largest absolute Gasteiger partial charge is 0.573 e. The number of hydrogen-bond donors (Lipinski definition) is 2. The van der Waals surface area contributed by atoms with Crippen LogP contribution in [0.1, 0.15) is 5.56 Å². The highest BCUT2D eigenvalue weighted by Gasteiger charge is 2.32. The van der Waals surface area contributed by atoms with Crippen LogP contribution in [0.2, 0.25) is 0 Å². The second-order valence-electron chi connectivity index (χ2n) is 4.89. The molecular weight excluding hydrogens is 311 g/mol. The number of carboxylic acids is 1. The van der Waals surface area contributed by atoms with Crippen LogP contribution in [0.15, 0.2) is 48.5 Å². The highest BCUT2D eigenvalue weighted by Crippen LogP contribution is 2.34. The molecular formula is C16H14F3NO3. The molecule has 0 heterocycles. The van der Waals surface area contributed by atoms with E-state index in [0.717, 1.165) is 0 Å². The van der Waals surface area contributed by atoms with E-state index in [1.807, 2.05) is 0 Å². The van der Waals surface area contributed by atoms with Gasteiger partial charge in [-0.25, -0.2) is 0 Å². The summed E-state index contributed by atoms with van der Waals surface area (Å²) < 4.78 is 41.4. The molecule has 7 heteroatoms. The second-order valence-corrected chi connectivity index (χ2v) is 4.89. The lowest BCUT2D eigenvalue weighted by molar-refractivity contribution is -0.274. The summed E-state index contributed by atoms with van der Waals surface area (Å²) in [6, 6.07) is 11.2. The SMILES string of the molecule is N[C@@H](Cc1cccc(-c2ccccc2OC(F)(F)F)c1)C(=O)O. The van der Waals surface area contributed by atoms with Crippen molar-refractivity contribution in [2.24, 2.45) is 5.73 Å². The lowest BCUT2D eigenvalue weighted by Crippen LogP contribution is -2.32. The number of ether oxygens (including phenoxy) is 1. The number of carboxylic acid groups (broad SMARTS) is 1. The number of aliphatic carboxylic acids is 1. The summed E-state index contributed by atoms with van der Waals surface area (Å²) in [4.78, 5) is 10.8. The van der Waals surface area contributed by atoms with Crippen molar-refractivity contribution in [3.8, 4) is 16.9 Å². The molecule has 0 aliphatic heterocycles. The van der Waals surface area contributed by atoms with Crippen LogP contribution in [0.5, 0.6) is 5.75 Å². The van der Waals surface area contributed by atoms with Crippen LogP contribution in [-0.4, -0.2) is 23.5 Å². The number of carbonyl (C=O) groups is 1. The summed E-state index contributed by atoms with van der Waals surface area (Å²) in [5.41, 5.74) is 6.83. The van der Waals surface area contributed by atoms with E-state index in [1.54, 1.807) is 30.3 Å². The highest BCUT2D eigenvalue weighted by molar-refractivity contribution is 5.74. The fourth-order valence-corrected chi connectivity index (χ4v) is 2.13. The Balaban J connectivity index is 2.34. The standard InChI is InChI=1S/C16H14F3NO3/c17-16(18,19)23-14-7-2-1-6-12(14)11-5-3-4-10(8-11)9-13(20)15(21)22/h1-8,13H,9,20H2,(H,21,22)/t13-/m0/s1. The summed E-state index contributed by atoms with van der Waals surface area (Å²) in [5, 5.41) is 8.83. The van der Waals surface area contributed by atoms with E-state index in [9.17, 15) is 18.0 Å². The molecule has 0 amide bonds. The number of alkyl halides is 3. The molecule has 23 heavy (non-hydrogen) atoms. The van der Waals surface area contributed by atoms with Gasteiger partial charge in [0.05, 0.1) is 0 Å². The molecule has 0 fully saturated rings. The van der Waals surface area contributed by atoms with Crippen LogP contribution in [0.25, 0.3) is 11.1 Å². The average molecular weight is 325 g/mol. The fraction of sp³-hybridized carbons (Fsp3) is 0.188. The molecule has 0 aliphatic rings. The minimum absolute atomic E-state index is 0.0749. The maximum absolute atomic E-state index is 12.5. The molecule has 1 atom stereocenters. The van der Waals surface area contributed by atoms with Crippen molar-refractivity contribution in [1.29, 1.82) is 0 Å². The molecule has 0 aromatic heterocycles. The van der Waals surface area contributed by atoms with E-state index < -0.39 is 18.4 Å². The van der Waals surface area contributed by atoms with Gasteiger partial charge in [0.1, 0.15) is 11.8 Å². The van der Waals surface area contributed by atoms with Gasteiger partial charge in [0, 0.05) is 5.56 Å². The molecule has 122 valence electrons. The van der Waals surface area contributed by atoms with E-state index in [0.29, 0.717) is 11.1 Å². The first-order chi connectivity index (χ1) is 10.8. The highest BCUT2D eigenvalue weighted by atomic mass is 19.4. The Kier molecular flexibility index (Phi) is 4.90. The van der Waals surface area contributed by atoms with Gasteiger partial charge in [-0.3, -0.25) is 4.79 Å². The first-order valence-corrected chi connectivity index (χ1v) is 6.69. The van der Waals surface area contributed by atoms with Crippen molar-refractivity contribution in [3.63, 3.8) is 0 Å². The van der Waals surface area contributed by atoms with E-state index in [4.69, 9.17) is 10.8 Å². The summed E-state index contributed by atoms with van der Waals surface area (Å²) in [5.74, 6) is -1.46. The maximum atomic E-state index is 12.5. The number of rotatable bonds is 5. The molecule has 0 unspecified atom stereocenters. The van der Waals surface area contributed by atoms with Crippen LogP contribution in [0.3, 0.4) is 0 Å². The number of nitrogens with two attached hydrogens (primary N) is 1. The predicted molar refractivity (Wildman–Crippen MR) is 77.9 cm³/mol. The Bertz CT molecular complexity index is 701. The van der Waals surface area contributed by atoms with Gasteiger partial charge in [-0.05, 0) is 23.6 Å². The zero-order chi connectivity index (χ0) is 17.0. The summed E-state index contributed by atoms with van der Waals surface area (Å²) in [6.45, 7) is 0. The van der Waals surface area contributed by atoms with E-state index in [1.165, 1.54) is 18.2 Å². The van der Waals surface area contributed by atoms with Crippen molar-refractivity contribution in [2.75, 3.05) is 0 Å². The Labute approximate surface area is 130 Å². The number of halogens is 3. The van der Waals surface area contributed by atoms with Crippen LogP contribution in [0, 0.1) is 0 Å². The van der Waals surface area contributed by atoms with Gasteiger partial charge in [0.25, 0.3) is 0 Å². The van der Waals surface area contributed by atoms with Gasteiger partial charge >= 0.3 is 12.3 Å². The van der Waals surface area contributed by atoms with E-state index >= 15 is 0 Å². The van der Waals surface area contributed by atoms with Crippen molar-refractivity contribution < 1.29 is 27.8 Å². The van der Waals surface area contributed by atoms with Crippen LogP contribution >= 0.6 is 0 Å². The lowest BCUT2D eigenvalue weighted by atomic mass is 9.99. The predicted octanol–water partition coefficient (Wildman–Crippen LogP) is 3.21. The molecule has 3 N–H and O–H groups in total. The van der Waals surface area contributed by atoms with Gasteiger partial charge in [-0.1, -0.05) is 42.5 Å². The Hall–Kier alpha value is -2.54. The average Bonchev–Trinajstić information content (AvgIpc) is 2.46. The molecule has 2 aromatic carbocycles. The van der Waals surface area contributed by atoms with Crippen molar-refractivity contribution in [3.05, 3.63) is 54.1 Å². The van der Waals surface area contributed by atoms with Crippen LogP contribution in [-0.2, 0) is 11.2 Å². The third-order valence-electron chi connectivity index (χ3n) is 3.12. The zero-order valence-corrected chi connectivity index (χ0v) is 11.9. The Morgan fingerprint density at radius 1 is 1.17 bits per heavy atom. The third-order valence-corrected chi connectivity index (χ3v) is 3.12. The number of hydrogen-bond acceptors (Lipinski definition) is 3. The quantitative estimate of drug-likeness (QED) is 0.885. The second kappa shape index (κ2) is 6.70. The third kappa shape index (κ3) is 4.72. The van der Waals surface area contributed by atoms with Gasteiger partial charge in [0.15, 0.2) is 0 Å². The molecule has 0 saturated carbocycles. The van der Waals surface area contributed by atoms with Crippen LogP contribution < -0.4 is 10.5 Å². The Morgan fingerprint density at radius 3 is 2.52 bits per heavy atom. The number of para-hydroxylation sites is 1. The lowest BCUT2D eigenvalue weighted by Gasteiger charge is -2.14. The van der Waals surface area contributed by atoms with Crippen molar-refractivity contribution in [2.45, 2.75) is 18.8 Å². The van der Waals surface area contributed by atoms with E-state index in [2.05, 4.69) is 4.74 Å². The van der Waals surface area contributed by atoms with Gasteiger partial charge < -0.3 is 15.6 Å². The van der Waals surface area contributed by atoms with Crippen molar-refractivity contribution >= 4 is 5.97 Å². The van der Waals surface area contributed by atoms with Crippen molar-refractivity contribution in [1.82, 2.24) is 0 Å². The van der Waals surface area contributed by atoms with Gasteiger partial charge in [0.2, 0.25) is 0 Å². The van der Waals surface area contributed by atoms with Gasteiger partial charge in [-0.15, -0.1) is 13.2 Å². The normalized spacial score (nSPS) is 12.7. The summed E-state index contributed by atoms with van der Waals surface area (Å²) in [7, 11) is 0. The maximum Gasteiger partial charge on any atom is 0.573 e. The summed E-state index contributed by atoms with van der Waals surface area (Å²) >= 11 is 0. The minimum Gasteiger partial charge on any atom is -0.480 e. The summed E-state index contributed by atoms with van der Waals surface area (Å²) in [6.07, 6.45) is -4.72. The van der Waals surface area contributed by atoms with Crippen LogP contribution in [0.4, 0.5) is 13.2 Å². The first kappa shape index (κ1) is 16.8. The smallest absolute Gasteiger partial charge is 0.480 e. The first-order valence-electron chi connectivity index (χ1n) is 6.69. The molecule has 0 aliphatic carbocycles. The molecule has 2 aromatic rings. The van der Waals surface area contributed by atoms with E-state index in [-0.39, 0.29) is 17.7 Å². The fourth-order valence-electron chi connectivity index (χ4n) is 2.13. The zero-order valence-electron chi connectivity index (χ0n) is 11.9. The molecule has 0 bridgehead atoms. The Morgan fingerprint density at radius 2 is 1.87 bits per heavy atom. The van der Waals surface area contributed by atoms with Gasteiger partial charge in [-0.2, -0.15) is 0 Å². The monoisotopic (exact) mass is 325 g/mol. The number of benzene rings is 2. The molecule has 4 nitrogen and oxygen atoms in total. The molecule has 0 saturated heterocycles. The molecule has 0 spiro atoms. The molecule has 0 radical (unpaired) electrons. The molecule has 2 rings (SSSR count).